The minimum Gasteiger partial charge on any atom is -0.324 e. The highest BCUT2D eigenvalue weighted by Gasteiger charge is 2.41. The van der Waals surface area contributed by atoms with Gasteiger partial charge in [0.1, 0.15) is 5.82 Å². The maximum atomic E-state index is 14.4. The second-order valence-corrected chi connectivity index (χ2v) is 10.4. The fourth-order valence-corrected chi connectivity index (χ4v) is 6.42. The van der Waals surface area contributed by atoms with E-state index in [1.807, 2.05) is 0 Å². The van der Waals surface area contributed by atoms with E-state index in [0.29, 0.717) is 5.54 Å². The summed E-state index contributed by atoms with van der Waals surface area (Å²) in [5, 5.41) is 13.2. The minimum absolute atomic E-state index is 0.0148. The van der Waals surface area contributed by atoms with E-state index in [2.05, 4.69) is 57.1 Å². The zero-order chi connectivity index (χ0) is 21.0. The predicted octanol–water partition coefficient (Wildman–Crippen LogP) is 4.77. The van der Waals surface area contributed by atoms with E-state index >= 15 is 0 Å². The molecule has 4 heterocycles. The summed E-state index contributed by atoms with van der Waals surface area (Å²) in [6, 6.07) is 3.27. The quantitative estimate of drug-likeness (QED) is 0.708. The lowest BCUT2D eigenvalue weighted by molar-refractivity contribution is 0.105. The molecule has 1 aromatic carbocycles. The first-order valence-electron chi connectivity index (χ1n) is 11.1. The van der Waals surface area contributed by atoms with Crippen molar-refractivity contribution in [2.75, 3.05) is 32.0 Å². The molecule has 0 saturated carbocycles. The monoisotopic (exact) mass is 430 g/mol. The molecule has 3 aliphatic rings. The van der Waals surface area contributed by atoms with E-state index in [9.17, 15) is 4.39 Å². The van der Waals surface area contributed by atoms with Gasteiger partial charge in [-0.05, 0) is 81.8 Å². The van der Waals surface area contributed by atoms with E-state index in [0.717, 1.165) is 41.0 Å². The van der Waals surface area contributed by atoms with Gasteiger partial charge in [0.15, 0.2) is 0 Å². The third kappa shape index (κ3) is 3.24. The van der Waals surface area contributed by atoms with E-state index < -0.39 is 0 Å². The standard InChI is InChI=1S/C22H31FN6S/c1-14(2)17-12-16(23)13-18-15(3)29-20(24-19(17)18)25-26-21(29)30-28-10-7-22(8-11-28)6-5-9-27(22)4/h12-15H,5-11H2,1-4H3,(H,24,25). The molecule has 2 fully saturated rings. The molecule has 5 rings (SSSR count). The lowest BCUT2D eigenvalue weighted by Crippen LogP contribution is -2.49. The summed E-state index contributed by atoms with van der Waals surface area (Å²) in [7, 11) is 2.28. The Bertz CT molecular complexity index is 949. The number of benzene rings is 1. The lowest BCUT2D eigenvalue weighted by Gasteiger charge is -2.43. The molecule has 30 heavy (non-hydrogen) atoms. The molecule has 1 spiro atoms. The summed E-state index contributed by atoms with van der Waals surface area (Å²) < 4.78 is 18.9. The Kier molecular flexibility index (Phi) is 5.07. The van der Waals surface area contributed by atoms with Crippen LogP contribution in [0.25, 0.3) is 0 Å². The summed E-state index contributed by atoms with van der Waals surface area (Å²) in [6.45, 7) is 9.63. The number of likely N-dealkylation sites (tertiary alicyclic amines) is 1. The van der Waals surface area contributed by atoms with Crippen LogP contribution in [0.2, 0.25) is 0 Å². The predicted molar refractivity (Wildman–Crippen MR) is 119 cm³/mol. The molecule has 1 N–H and O–H groups in total. The van der Waals surface area contributed by atoms with Gasteiger partial charge in [0.05, 0.1) is 6.04 Å². The Morgan fingerprint density at radius 3 is 2.60 bits per heavy atom. The molecule has 0 aliphatic carbocycles. The highest BCUT2D eigenvalue weighted by Crippen LogP contribution is 2.44. The number of nitrogens with one attached hydrogen (secondary N) is 1. The Morgan fingerprint density at radius 2 is 1.93 bits per heavy atom. The molecule has 2 saturated heterocycles. The van der Waals surface area contributed by atoms with Gasteiger partial charge in [-0.3, -0.25) is 4.57 Å². The van der Waals surface area contributed by atoms with Crippen molar-refractivity contribution in [1.29, 1.82) is 0 Å². The topological polar surface area (TPSA) is 49.2 Å². The molecule has 6 nitrogen and oxygen atoms in total. The van der Waals surface area contributed by atoms with Crippen LogP contribution >= 0.6 is 11.9 Å². The zero-order valence-electron chi connectivity index (χ0n) is 18.3. The molecule has 8 heteroatoms. The third-order valence-corrected chi connectivity index (χ3v) is 8.40. The van der Waals surface area contributed by atoms with E-state index in [1.54, 1.807) is 24.1 Å². The maximum absolute atomic E-state index is 14.4. The van der Waals surface area contributed by atoms with Crippen molar-refractivity contribution in [3.05, 3.63) is 29.1 Å². The van der Waals surface area contributed by atoms with Gasteiger partial charge in [-0.25, -0.2) is 8.70 Å². The molecule has 162 valence electrons. The van der Waals surface area contributed by atoms with Gasteiger partial charge >= 0.3 is 0 Å². The van der Waals surface area contributed by atoms with Crippen LogP contribution in [0.5, 0.6) is 0 Å². The maximum Gasteiger partial charge on any atom is 0.230 e. The number of fused-ring (bicyclic) bond motifs is 2. The number of nitrogens with zero attached hydrogens (tertiary/aromatic N) is 5. The lowest BCUT2D eigenvalue weighted by atomic mass is 9.86. The van der Waals surface area contributed by atoms with Crippen LogP contribution in [0.15, 0.2) is 17.3 Å². The number of aromatic nitrogens is 3. The van der Waals surface area contributed by atoms with Gasteiger partial charge in [0, 0.05) is 29.9 Å². The molecular formula is C22H31FN6S. The van der Waals surface area contributed by atoms with Crippen LogP contribution in [0.3, 0.4) is 0 Å². The number of halogens is 1. The zero-order valence-corrected chi connectivity index (χ0v) is 19.1. The van der Waals surface area contributed by atoms with Crippen molar-refractivity contribution in [3.63, 3.8) is 0 Å². The molecule has 1 aromatic heterocycles. The van der Waals surface area contributed by atoms with Crippen LogP contribution in [0.1, 0.15) is 69.5 Å². The summed E-state index contributed by atoms with van der Waals surface area (Å²) >= 11 is 1.69. The van der Waals surface area contributed by atoms with Crippen LogP contribution in [-0.2, 0) is 0 Å². The first-order valence-corrected chi connectivity index (χ1v) is 11.8. The normalized spacial score (nSPS) is 23.6. The van der Waals surface area contributed by atoms with Crippen molar-refractivity contribution in [2.24, 2.45) is 0 Å². The Morgan fingerprint density at radius 1 is 1.17 bits per heavy atom. The largest absolute Gasteiger partial charge is 0.324 e. The number of rotatable bonds is 3. The molecule has 0 amide bonds. The average Bonchev–Trinajstić information content (AvgIpc) is 3.28. The summed E-state index contributed by atoms with van der Waals surface area (Å²) in [5.41, 5.74) is 3.35. The van der Waals surface area contributed by atoms with Gasteiger partial charge in [0.25, 0.3) is 0 Å². The van der Waals surface area contributed by atoms with Gasteiger partial charge < -0.3 is 10.2 Å². The summed E-state index contributed by atoms with van der Waals surface area (Å²) in [4.78, 5) is 2.57. The molecule has 1 atom stereocenters. The van der Waals surface area contributed by atoms with Crippen molar-refractivity contribution in [3.8, 4) is 0 Å². The molecule has 2 aromatic rings. The third-order valence-electron chi connectivity index (χ3n) is 7.33. The number of piperidine rings is 1. The fraction of sp³-hybridized carbons (Fsp3) is 0.636. The first kappa shape index (κ1) is 20.3. The van der Waals surface area contributed by atoms with Gasteiger partial charge in [-0.1, -0.05) is 13.8 Å². The number of hydrogen-bond acceptors (Lipinski definition) is 6. The first-order chi connectivity index (χ1) is 14.4. The van der Waals surface area contributed by atoms with Crippen LogP contribution in [-0.4, -0.2) is 56.2 Å². The Labute approximate surface area is 182 Å². The smallest absolute Gasteiger partial charge is 0.230 e. The summed E-state index contributed by atoms with van der Waals surface area (Å²) in [6.07, 6.45) is 5.05. The van der Waals surface area contributed by atoms with Crippen LogP contribution in [0, 0.1) is 5.82 Å². The highest BCUT2D eigenvalue weighted by molar-refractivity contribution is 7.96. The second-order valence-electron chi connectivity index (χ2n) is 9.36. The fourth-order valence-electron chi connectivity index (χ4n) is 5.42. The number of anilines is 2. The molecule has 0 radical (unpaired) electrons. The SMILES string of the molecule is CC(C)c1cc(F)cc2c1Nc1nnc(SN3CCC4(CCCN4C)CC3)n1C2C. The molecule has 0 bridgehead atoms. The number of hydrogen-bond donors (Lipinski definition) is 1. The van der Waals surface area contributed by atoms with Crippen LogP contribution < -0.4 is 5.32 Å². The minimum atomic E-state index is -0.182. The molecule has 1 unspecified atom stereocenters. The van der Waals surface area contributed by atoms with Crippen molar-refractivity contribution in [1.82, 2.24) is 24.0 Å². The molecular weight excluding hydrogens is 399 g/mol. The highest BCUT2D eigenvalue weighted by atomic mass is 32.2. The van der Waals surface area contributed by atoms with Gasteiger partial charge in [-0.15, -0.1) is 10.2 Å². The van der Waals surface area contributed by atoms with Crippen molar-refractivity contribution >= 4 is 23.6 Å². The van der Waals surface area contributed by atoms with Crippen molar-refractivity contribution in [2.45, 2.75) is 69.1 Å². The Hall–Kier alpha value is -1.64. The summed E-state index contributed by atoms with van der Waals surface area (Å²) in [5.74, 6) is 0.792. The van der Waals surface area contributed by atoms with Crippen LogP contribution in [0.4, 0.5) is 16.0 Å². The van der Waals surface area contributed by atoms with Crippen molar-refractivity contribution < 1.29 is 4.39 Å². The second kappa shape index (κ2) is 7.50. The van der Waals surface area contributed by atoms with E-state index in [1.165, 1.54) is 32.2 Å². The van der Waals surface area contributed by atoms with Gasteiger partial charge in [0.2, 0.25) is 11.1 Å². The molecule has 3 aliphatic heterocycles. The van der Waals surface area contributed by atoms with E-state index in [4.69, 9.17) is 0 Å². The average molecular weight is 431 g/mol. The Balaban J connectivity index is 1.37. The van der Waals surface area contributed by atoms with E-state index in [-0.39, 0.29) is 17.8 Å². The van der Waals surface area contributed by atoms with Gasteiger partial charge in [-0.2, -0.15) is 0 Å².